The molecule has 1 amide bonds. The molecule has 1 saturated heterocycles. The molecule has 1 fully saturated rings. The highest BCUT2D eigenvalue weighted by Gasteiger charge is 2.32. The van der Waals surface area contributed by atoms with Gasteiger partial charge in [-0.1, -0.05) is 12.1 Å². The maximum absolute atomic E-state index is 13.9. The molecular formula is C13H18FN3O. The van der Waals surface area contributed by atoms with Gasteiger partial charge in [-0.2, -0.15) is 0 Å². The zero-order valence-electron chi connectivity index (χ0n) is 10.4. The van der Waals surface area contributed by atoms with Gasteiger partial charge in [-0.25, -0.2) is 4.39 Å². The monoisotopic (exact) mass is 251 g/mol. The van der Waals surface area contributed by atoms with Crippen LogP contribution in [0.4, 0.5) is 10.1 Å². The Morgan fingerprint density at radius 1 is 1.50 bits per heavy atom. The molecule has 18 heavy (non-hydrogen) atoms. The second-order valence-electron chi connectivity index (χ2n) is 4.54. The molecule has 4 nitrogen and oxygen atoms in total. The molecule has 2 unspecified atom stereocenters. The summed E-state index contributed by atoms with van der Waals surface area (Å²) < 4.78 is 13.9. The molecule has 0 bridgehead atoms. The topological polar surface area (TPSA) is 58.4 Å². The molecule has 1 aliphatic rings. The van der Waals surface area contributed by atoms with Crippen molar-refractivity contribution in [1.82, 2.24) is 5.32 Å². The number of amides is 1. The molecule has 1 heterocycles. The summed E-state index contributed by atoms with van der Waals surface area (Å²) in [4.78, 5) is 13.7. The highest BCUT2D eigenvalue weighted by atomic mass is 19.1. The summed E-state index contributed by atoms with van der Waals surface area (Å²) in [5, 5.41) is 2.81. The number of carbonyl (C=O) groups is 1. The lowest BCUT2D eigenvalue weighted by Crippen LogP contribution is -2.51. The molecule has 1 aliphatic heterocycles. The molecule has 3 N–H and O–H groups in total. The summed E-state index contributed by atoms with van der Waals surface area (Å²) in [6, 6.07) is 6.04. The first kappa shape index (κ1) is 12.8. The Balaban J connectivity index is 2.42. The molecule has 5 heteroatoms. The Morgan fingerprint density at radius 2 is 2.22 bits per heavy atom. The average molecular weight is 251 g/mol. The number of halogens is 1. The lowest BCUT2D eigenvalue weighted by molar-refractivity contribution is -0.121. The van der Waals surface area contributed by atoms with Crippen molar-refractivity contribution in [3.63, 3.8) is 0 Å². The van der Waals surface area contributed by atoms with E-state index in [9.17, 15) is 9.18 Å². The predicted molar refractivity (Wildman–Crippen MR) is 68.8 cm³/mol. The quantitative estimate of drug-likeness (QED) is 0.820. The van der Waals surface area contributed by atoms with E-state index >= 15 is 0 Å². The normalized spacial score (nSPS) is 24.6. The Labute approximate surface area is 106 Å². The molecule has 2 atom stereocenters. The van der Waals surface area contributed by atoms with Crippen LogP contribution in [0.25, 0.3) is 0 Å². The van der Waals surface area contributed by atoms with Crippen molar-refractivity contribution in [2.45, 2.75) is 25.4 Å². The zero-order valence-corrected chi connectivity index (χ0v) is 10.4. The molecule has 0 aliphatic carbocycles. The molecule has 1 aromatic carbocycles. The van der Waals surface area contributed by atoms with Gasteiger partial charge in [0.2, 0.25) is 5.91 Å². The fraction of sp³-hybridized carbons (Fsp3) is 0.462. The molecular weight excluding hydrogens is 233 g/mol. The van der Waals surface area contributed by atoms with E-state index in [0.717, 1.165) is 6.42 Å². The van der Waals surface area contributed by atoms with Crippen LogP contribution in [-0.4, -0.2) is 31.1 Å². The Hall–Kier alpha value is -1.62. The van der Waals surface area contributed by atoms with Crippen molar-refractivity contribution in [3.8, 4) is 0 Å². The van der Waals surface area contributed by atoms with Gasteiger partial charge >= 0.3 is 0 Å². The maximum atomic E-state index is 13.9. The van der Waals surface area contributed by atoms with E-state index in [1.165, 1.54) is 6.07 Å². The fourth-order valence-corrected chi connectivity index (χ4v) is 2.38. The number of nitrogens with two attached hydrogens (primary N) is 1. The summed E-state index contributed by atoms with van der Waals surface area (Å²) >= 11 is 0. The summed E-state index contributed by atoms with van der Waals surface area (Å²) in [5.41, 5.74) is 6.12. The number of hydrogen-bond acceptors (Lipinski definition) is 3. The summed E-state index contributed by atoms with van der Waals surface area (Å²) in [5.74, 6) is -0.456. The molecule has 98 valence electrons. The van der Waals surface area contributed by atoms with Gasteiger partial charge < -0.3 is 16.0 Å². The Morgan fingerprint density at radius 3 is 2.89 bits per heavy atom. The van der Waals surface area contributed by atoms with E-state index in [1.54, 1.807) is 23.1 Å². The Kier molecular flexibility index (Phi) is 3.81. The number of benzene rings is 1. The first-order valence-electron chi connectivity index (χ1n) is 6.15. The van der Waals surface area contributed by atoms with Crippen molar-refractivity contribution in [2.75, 3.05) is 18.0 Å². The molecule has 1 aromatic rings. The number of anilines is 1. The maximum Gasteiger partial charge on any atom is 0.244 e. The molecule has 0 radical (unpaired) electrons. The van der Waals surface area contributed by atoms with Gasteiger partial charge in [-0.3, -0.25) is 4.79 Å². The number of rotatable bonds is 2. The van der Waals surface area contributed by atoms with Crippen LogP contribution in [0.15, 0.2) is 24.3 Å². The minimum absolute atomic E-state index is 0.0643. The summed E-state index contributed by atoms with van der Waals surface area (Å²) in [6.45, 7) is 2.75. The molecule has 0 saturated carbocycles. The zero-order chi connectivity index (χ0) is 13.1. The second-order valence-corrected chi connectivity index (χ2v) is 4.54. The van der Waals surface area contributed by atoms with E-state index in [2.05, 4.69) is 5.32 Å². The van der Waals surface area contributed by atoms with Crippen LogP contribution in [0.2, 0.25) is 0 Å². The molecule has 0 aromatic heterocycles. The van der Waals surface area contributed by atoms with Crippen molar-refractivity contribution in [1.29, 1.82) is 0 Å². The van der Waals surface area contributed by atoms with Gasteiger partial charge in [-0.05, 0) is 25.5 Å². The lowest BCUT2D eigenvalue weighted by Gasteiger charge is -2.34. The van der Waals surface area contributed by atoms with Gasteiger partial charge in [0.1, 0.15) is 11.9 Å². The van der Waals surface area contributed by atoms with Crippen molar-refractivity contribution < 1.29 is 9.18 Å². The highest BCUT2D eigenvalue weighted by Crippen LogP contribution is 2.25. The van der Waals surface area contributed by atoms with E-state index in [4.69, 9.17) is 5.73 Å². The third-order valence-electron chi connectivity index (χ3n) is 3.33. The first-order chi connectivity index (χ1) is 8.65. The largest absolute Gasteiger partial charge is 0.354 e. The number of nitrogens with one attached hydrogen (secondary N) is 1. The third-order valence-corrected chi connectivity index (χ3v) is 3.33. The second kappa shape index (κ2) is 5.35. The van der Waals surface area contributed by atoms with Gasteiger partial charge in [-0.15, -0.1) is 0 Å². The van der Waals surface area contributed by atoms with E-state index in [-0.39, 0.29) is 24.3 Å². The van der Waals surface area contributed by atoms with Crippen LogP contribution >= 0.6 is 0 Å². The van der Waals surface area contributed by atoms with Crippen LogP contribution < -0.4 is 16.0 Å². The SMILES string of the molecule is CC1CCNC(=O)C(CN)N1c1ccccc1F. The van der Waals surface area contributed by atoms with Crippen molar-refractivity contribution in [2.24, 2.45) is 5.73 Å². The van der Waals surface area contributed by atoms with Crippen LogP contribution in [-0.2, 0) is 4.79 Å². The standard InChI is InChI=1S/C13H18FN3O/c1-9-6-7-16-13(18)12(8-15)17(9)11-5-3-2-4-10(11)14/h2-5,9,12H,6-8,15H2,1H3,(H,16,18). The van der Waals surface area contributed by atoms with Crippen molar-refractivity contribution in [3.05, 3.63) is 30.1 Å². The smallest absolute Gasteiger partial charge is 0.244 e. The minimum Gasteiger partial charge on any atom is -0.354 e. The van der Waals surface area contributed by atoms with Gasteiger partial charge in [0, 0.05) is 19.1 Å². The summed E-state index contributed by atoms with van der Waals surface area (Å²) in [6.07, 6.45) is 0.774. The lowest BCUT2D eigenvalue weighted by atomic mass is 10.1. The predicted octanol–water partition coefficient (Wildman–Crippen LogP) is 0.868. The Bertz CT molecular complexity index is 438. The van der Waals surface area contributed by atoms with Crippen molar-refractivity contribution >= 4 is 11.6 Å². The summed E-state index contributed by atoms with van der Waals surface area (Å²) in [7, 11) is 0. The van der Waals surface area contributed by atoms with Crippen LogP contribution in [0.5, 0.6) is 0 Å². The number of para-hydroxylation sites is 1. The minimum atomic E-state index is -0.514. The van der Waals surface area contributed by atoms with Gasteiger partial charge in [0.15, 0.2) is 0 Å². The number of nitrogens with zero attached hydrogens (tertiary/aromatic N) is 1. The number of carbonyl (C=O) groups excluding carboxylic acids is 1. The van der Waals surface area contributed by atoms with Crippen LogP contribution in [0.1, 0.15) is 13.3 Å². The third kappa shape index (κ3) is 2.31. The fourth-order valence-electron chi connectivity index (χ4n) is 2.38. The first-order valence-corrected chi connectivity index (χ1v) is 6.15. The van der Waals surface area contributed by atoms with Crippen LogP contribution in [0, 0.1) is 5.82 Å². The number of hydrogen-bond donors (Lipinski definition) is 2. The highest BCUT2D eigenvalue weighted by molar-refractivity contribution is 5.86. The molecule has 0 spiro atoms. The van der Waals surface area contributed by atoms with Crippen LogP contribution in [0.3, 0.4) is 0 Å². The van der Waals surface area contributed by atoms with Gasteiger partial charge in [0.05, 0.1) is 5.69 Å². The van der Waals surface area contributed by atoms with E-state index in [0.29, 0.717) is 12.2 Å². The molecule has 2 rings (SSSR count). The average Bonchev–Trinajstić information content (AvgIpc) is 2.49. The van der Waals surface area contributed by atoms with E-state index in [1.807, 2.05) is 6.92 Å². The van der Waals surface area contributed by atoms with Gasteiger partial charge in [0.25, 0.3) is 0 Å². The van der Waals surface area contributed by atoms with E-state index < -0.39 is 6.04 Å².